The number of halogens is 4. The molecule has 0 bridgehead atoms. The van der Waals surface area contributed by atoms with Crippen LogP contribution in [0.5, 0.6) is 5.75 Å². The Kier molecular flexibility index (Phi) is 5.79. The normalized spacial score (nSPS) is 10.9. The largest absolute Gasteiger partial charge is 0.421 e. The van der Waals surface area contributed by atoms with Crippen LogP contribution < -0.4 is 4.74 Å². The molecule has 0 aliphatic heterocycles. The van der Waals surface area contributed by atoms with Crippen LogP contribution in [0, 0.1) is 0 Å². The number of pyridine rings is 1. The van der Waals surface area contributed by atoms with Crippen LogP contribution in [0.15, 0.2) is 71.2 Å². The first-order chi connectivity index (χ1) is 13.9. The second-order valence-electron chi connectivity index (χ2n) is 6.19. The van der Waals surface area contributed by atoms with Crippen molar-refractivity contribution in [1.29, 1.82) is 0 Å². The predicted octanol–water partition coefficient (Wildman–Crippen LogP) is 7.84. The van der Waals surface area contributed by atoms with E-state index in [1.54, 1.807) is 30.3 Å². The Balaban J connectivity index is 1.83. The maximum absolute atomic E-state index is 13.0. The summed E-state index contributed by atoms with van der Waals surface area (Å²) < 4.78 is 6.37. The van der Waals surface area contributed by atoms with Gasteiger partial charge < -0.3 is 4.74 Å². The van der Waals surface area contributed by atoms with Gasteiger partial charge in [0.2, 0.25) is 0 Å². The maximum Gasteiger partial charge on any atom is 0.344 e. The molecule has 7 heteroatoms. The van der Waals surface area contributed by atoms with Crippen LogP contribution in [0.2, 0.25) is 15.1 Å². The number of hydrogen-bond acceptors (Lipinski definition) is 3. The van der Waals surface area contributed by atoms with Crippen molar-refractivity contribution < 1.29 is 9.53 Å². The van der Waals surface area contributed by atoms with Gasteiger partial charge in [-0.2, -0.15) is 0 Å². The summed E-state index contributed by atoms with van der Waals surface area (Å²) in [5.41, 5.74) is 2.49. The molecule has 0 saturated carbocycles. The molecule has 3 aromatic carbocycles. The fourth-order valence-electron chi connectivity index (χ4n) is 2.85. The molecule has 1 aromatic heterocycles. The van der Waals surface area contributed by atoms with Gasteiger partial charge in [0.15, 0.2) is 0 Å². The monoisotopic (exact) mass is 505 g/mol. The second kappa shape index (κ2) is 8.33. The van der Waals surface area contributed by atoms with E-state index >= 15 is 0 Å². The molecule has 0 unspecified atom stereocenters. The molecule has 0 saturated heterocycles. The van der Waals surface area contributed by atoms with Crippen LogP contribution >= 0.6 is 50.7 Å². The topological polar surface area (TPSA) is 39.2 Å². The van der Waals surface area contributed by atoms with Crippen molar-refractivity contribution >= 4 is 67.6 Å². The highest BCUT2D eigenvalue weighted by Gasteiger charge is 2.18. The number of hydrogen-bond donors (Lipinski definition) is 0. The van der Waals surface area contributed by atoms with Crippen molar-refractivity contribution in [3.05, 3.63) is 91.8 Å². The van der Waals surface area contributed by atoms with E-state index in [0.29, 0.717) is 32.2 Å². The van der Waals surface area contributed by atoms with Gasteiger partial charge in [-0.15, -0.1) is 0 Å². The number of fused-ring (bicyclic) bond motifs is 1. The molecule has 0 N–H and O–H groups in total. The summed E-state index contributed by atoms with van der Waals surface area (Å²) in [6, 6.07) is 19.2. The Morgan fingerprint density at radius 3 is 2.31 bits per heavy atom. The van der Waals surface area contributed by atoms with Gasteiger partial charge in [-0.25, -0.2) is 9.78 Å². The zero-order valence-electron chi connectivity index (χ0n) is 14.6. The van der Waals surface area contributed by atoms with Gasteiger partial charge in [0.05, 0.1) is 21.8 Å². The fourth-order valence-corrected chi connectivity index (χ4v) is 3.78. The third-order valence-electron chi connectivity index (χ3n) is 4.23. The first-order valence-electron chi connectivity index (χ1n) is 8.44. The van der Waals surface area contributed by atoms with Crippen molar-refractivity contribution in [1.82, 2.24) is 4.98 Å². The van der Waals surface area contributed by atoms with Crippen LogP contribution in [-0.2, 0) is 0 Å². The third-order valence-corrected chi connectivity index (χ3v) is 5.50. The lowest BCUT2D eigenvalue weighted by molar-refractivity contribution is 0.0737. The van der Waals surface area contributed by atoms with Crippen molar-refractivity contribution in [3.8, 4) is 17.0 Å². The zero-order valence-corrected chi connectivity index (χ0v) is 18.5. The summed E-state index contributed by atoms with van der Waals surface area (Å²) in [6.45, 7) is 0. The summed E-state index contributed by atoms with van der Waals surface area (Å²) in [6.07, 6.45) is 0. The summed E-state index contributed by atoms with van der Waals surface area (Å²) in [5, 5.41) is 1.99. The first kappa shape index (κ1) is 20.2. The van der Waals surface area contributed by atoms with Crippen LogP contribution in [0.3, 0.4) is 0 Å². The van der Waals surface area contributed by atoms with Crippen LogP contribution in [0.25, 0.3) is 22.2 Å². The number of ether oxygens (including phenoxy) is 1. The number of benzene rings is 3. The van der Waals surface area contributed by atoms with E-state index in [4.69, 9.17) is 39.5 Å². The molecule has 0 fully saturated rings. The Morgan fingerprint density at radius 1 is 0.862 bits per heavy atom. The van der Waals surface area contributed by atoms with E-state index in [0.717, 1.165) is 10.0 Å². The summed E-state index contributed by atoms with van der Waals surface area (Å²) in [7, 11) is 0. The lowest BCUT2D eigenvalue weighted by Gasteiger charge is -2.11. The molecule has 0 radical (unpaired) electrons. The van der Waals surface area contributed by atoms with E-state index in [-0.39, 0.29) is 10.8 Å². The Bertz CT molecular complexity index is 1240. The van der Waals surface area contributed by atoms with E-state index in [1.807, 2.05) is 30.3 Å². The quantitative estimate of drug-likeness (QED) is 0.209. The number of aromatic nitrogens is 1. The Morgan fingerprint density at radius 2 is 1.59 bits per heavy atom. The number of esters is 1. The maximum atomic E-state index is 13.0. The van der Waals surface area contributed by atoms with Crippen molar-refractivity contribution in [3.63, 3.8) is 0 Å². The minimum Gasteiger partial charge on any atom is -0.421 e. The van der Waals surface area contributed by atoms with Crippen LogP contribution in [-0.4, -0.2) is 11.0 Å². The molecule has 0 amide bonds. The lowest BCUT2D eigenvalue weighted by atomic mass is 10.0. The fraction of sp³-hybridized carbons (Fsp3) is 0. The van der Waals surface area contributed by atoms with Crippen molar-refractivity contribution in [2.75, 3.05) is 0 Å². The molecule has 1 heterocycles. The standard InChI is InChI=1S/C22H11BrCl3NO2/c23-13-3-7-19-16(9-13)17(11-20(27-19)12-1-4-14(24)5-2-12)22(28)29-21-8-6-15(25)10-18(21)26/h1-11H. The molecule has 29 heavy (non-hydrogen) atoms. The van der Waals surface area contributed by atoms with Crippen LogP contribution in [0.4, 0.5) is 0 Å². The summed E-state index contributed by atoms with van der Waals surface area (Å²) >= 11 is 21.5. The minimum absolute atomic E-state index is 0.231. The SMILES string of the molecule is O=C(Oc1ccc(Cl)cc1Cl)c1cc(-c2ccc(Cl)cc2)nc2ccc(Br)cc12. The molecule has 3 nitrogen and oxygen atoms in total. The molecular weight excluding hydrogens is 497 g/mol. The summed E-state index contributed by atoms with van der Waals surface area (Å²) in [5.74, 6) is -0.316. The summed E-state index contributed by atoms with van der Waals surface area (Å²) in [4.78, 5) is 17.7. The Hall–Kier alpha value is -2.11. The smallest absolute Gasteiger partial charge is 0.344 e. The molecular formula is C22H11BrCl3NO2. The van der Waals surface area contributed by atoms with Crippen molar-refractivity contribution in [2.45, 2.75) is 0 Å². The highest BCUT2D eigenvalue weighted by molar-refractivity contribution is 9.10. The molecule has 0 aliphatic carbocycles. The second-order valence-corrected chi connectivity index (χ2v) is 8.38. The average Bonchev–Trinajstić information content (AvgIpc) is 2.70. The zero-order chi connectivity index (χ0) is 20.5. The van der Waals surface area contributed by atoms with E-state index in [1.165, 1.54) is 6.07 Å². The average molecular weight is 508 g/mol. The number of carbonyl (C=O) groups excluding carboxylic acids is 1. The van der Waals surface area contributed by atoms with E-state index < -0.39 is 5.97 Å². The van der Waals surface area contributed by atoms with Gasteiger partial charge >= 0.3 is 5.97 Å². The van der Waals surface area contributed by atoms with E-state index in [2.05, 4.69) is 20.9 Å². The lowest BCUT2D eigenvalue weighted by Crippen LogP contribution is -2.10. The number of rotatable bonds is 3. The molecule has 144 valence electrons. The van der Waals surface area contributed by atoms with Gasteiger partial charge in [0.25, 0.3) is 0 Å². The van der Waals surface area contributed by atoms with E-state index in [9.17, 15) is 4.79 Å². The molecule has 4 rings (SSSR count). The molecule has 0 atom stereocenters. The van der Waals surface area contributed by atoms with Gasteiger partial charge in [0, 0.05) is 25.5 Å². The third kappa shape index (κ3) is 4.41. The van der Waals surface area contributed by atoms with Crippen LogP contribution in [0.1, 0.15) is 10.4 Å². The molecule has 0 aliphatic rings. The van der Waals surface area contributed by atoms with Gasteiger partial charge in [-0.05, 0) is 54.6 Å². The molecule has 4 aromatic rings. The highest BCUT2D eigenvalue weighted by atomic mass is 79.9. The molecule has 0 spiro atoms. The van der Waals surface area contributed by atoms with Gasteiger partial charge in [-0.1, -0.05) is 62.9 Å². The number of carbonyl (C=O) groups is 1. The minimum atomic E-state index is -0.546. The van der Waals surface area contributed by atoms with Crippen molar-refractivity contribution in [2.24, 2.45) is 0 Å². The first-order valence-corrected chi connectivity index (χ1v) is 10.4. The number of nitrogens with zero attached hydrogens (tertiary/aromatic N) is 1. The Labute approximate surface area is 190 Å². The predicted molar refractivity (Wildman–Crippen MR) is 121 cm³/mol. The highest BCUT2D eigenvalue weighted by Crippen LogP contribution is 2.31. The van der Waals surface area contributed by atoms with Gasteiger partial charge in [0.1, 0.15) is 5.75 Å². The van der Waals surface area contributed by atoms with Gasteiger partial charge in [-0.3, -0.25) is 0 Å².